The Bertz CT molecular complexity index is 1340. The van der Waals surface area contributed by atoms with Gasteiger partial charge in [-0.2, -0.15) is 0 Å². The Labute approximate surface area is 191 Å². The average Bonchev–Trinajstić information content (AvgIpc) is 3.27. The molecule has 2 aromatic carbocycles. The maximum absolute atomic E-state index is 15.0. The van der Waals surface area contributed by atoms with Crippen molar-refractivity contribution in [2.75, 3.05) is 6.54 Å². The van der Waals surface area contributed by atoms with Crippen molar-refractivity contribution in [1.29, 1.82) is 0 Å². The fourth-order valence-corrected chi connectivity index (χ4v) is 3.95. The number of nitrogens with one attached hydrogen (secondary N) is 1. The van der Waals surface area contributed by atoms with Crippen LogP contribution in [0.3, 0.4) is 0 Å². The number of hydrogen-bond donors (Lipinski definition) is 3. The molecule has 10 heteroatoms. The van der Waals surface area contributed by atoms with Gasteiger partial charge in [0.1, 0.15) is 23.7 Å². The van der Waals surface area contributed by atoms with E-state index in [0.717, 1.165) is 4.57 Å². The van der Waals surface area contributed by atoms with Crippen LogP contribution in [-0.4, -0.2) is 33.2 Å². The number of aliphatic carboxylic acids is 1. The Morgan fingerprint density at radius 3 is 2.64 bits per heavy atom. The Morgan fingerprint density at radius 2 is 1.94 bits per heavy atom. The smallest absolute Gasteiger partial charge is 0.322 e. The van der Waals surface area contributed by atoms with Gasteiger partial charge in [-0.25, -0.2) is 4.39 Å². The summed E-state index contributed by atoms with van der Waals surface area (Å²) < 4.78 is 21.5. The topological polar surface area (TPSA) is 118 Å². The van der Waals surface area contributed by atoms with Crippen molar-refractivity contribution in [2.24, 2.45) is 0 Å². The summed E-state index contributed by atoms with van der Waals surface area (Å²) in [5.74, 6) is -3.51. The van der Waals surface area contributed by atoms with E-state index >= 15 is 4.39 Å². The van der Waals surface area contributed by atoms with Crippen LogP contribution in [0.1, 0.15) is 27.2 Å². The van der Waals surface area contributed by atoms with E-state index in [1.54, 1.807) is 30.3 Å². The molecule has 0 saturated heterocycles. The van der Waals surface area contributed by atoms with Crippen LogP contribution in [0.2, 0.25) is 5.02 Å². The molecular weight excluding hydrogens is 455 g/mol. The summed E-state index contributed by atoms with van der Waals surface area (Å²) in [6.45, 7) is -1.01. The molecule has 0 unspecified atom stereocenters. The van der Waals surface area contributed by atoms with Crippen molar-refractivity contribution < 1.29 is 28.9 Å². The zero-order valence-corrected chi connectivity index (χ0v) is 17.9. The maximum Gasteiger partial charge on any atom is 0.322 e. The number of aromatic nitrogens is 1. The molecule has 33 heavy (non-hydrogen) atoms. The van der Waals surface area contributed by atoms with Crippen LogP contribution >= 0.6 is 11.6 Å². The molecule has 0 saturated carbocycles. The van der Waals surface area contributed by atoms with E-state index in [1.807, 2.05) is 0 Å². The van der Waals surface area contributed by atoms with Crippen LogP contribution in [0.4, 0.5) is 4.39 Å². The number of nitrogens with zero attached hydrogens (tertiary/aromatic N) is 1. The quantitative estimate of drug-likeness (QED) is 0.507. The van der Waals surface area contributed by atoms with Crippen molar-refractivity contribution in [3.8, 4) is 16.9 Å². The highest BCUT2D eigenvalue weighted by molar-refractivity contribution is 6.33. The van der Waals surface area contributed by atoms with Crippen molar-refractivity contribution in [3.05, 3.63) is 86.0 Å². The Balaban J connectivity index is 1.74. The number of benzene rings is 2. The van der Waals surface area contributed by atoms with Crippen LogP contribution in [0, 0.1) is 5.82 Å². The predicted molar refractivity (Wildman–Crippen MR) is 117 cm³/mol. The second-order valence-corrected chi connectivity index (χ2v) is 7.80. The molecule has 170 valence electrons. The van der Waals surface area contributed by atoms with Crippen LogP contribution in [0.5, 0.6) is 5.75 Å². The van der Waals surface area contributed by atoms with Gasteiger partial charge in [0.05, 0.1) is 25.5 Å². The molecule has 2 heterocycles. The van der Waals surface area contributed by atoms with Crippen LogP contribution in [-0.2, 0) is 29.3 Å². The minimum atomic E-state index is -1.31. The normalized spacial score (nSPS) is 12.4. The molecule has 0 bridgehead atoms. The molecule has 1 amide bonds. The van der Waals surface area contributed by atoms with Gasteiger partial charge in [-0.3, -0.25) is 14.4 Å². The molecule has 1 aliphatic rings. The minimum absolute atomic E-state index is 0.00547. The third kappa shape index (κ3) is 4.33. The highest BCUT2D eigenvalue weighted by atomic mass is 35.5. The number of rotatable bonds is 6. The number of carbonyl (C=O) groups is 2. The summed E-state index contributed by atoms with van der Waals surface area (Å²) in [5.41, 5.74) is 0.428. The third-order valence-corrected chi connectivity index (χ3v) is 5.66. The van der Waals surface area contributed by atoms with E-state index in [-0.39, 0.29) is 30.9 Å². The molecule has 0 aliphatic carbocycles. The number of carboxylic acid groups (broad SMARTS) is 1. The largest absolute Gasteiger partial charge is 0.506 e. The number of carbonyl (C=O) groups excluding carboxylic acids is 1. The van der Waals surface area contributed by atoms with Crippen molar-refractivity contribution in [3.63, 3.8) is 0 Å². The molecular formula is C23H18ClFN2O6. The van der Waals surface area contributed by atoms with Gasteiger partial charge in [0.25, 0.3) is 11.5 Å². The Kier molecular flexibility index (Phi) is 6.17. The van der Waals surface area contributed by atoms with Gasteiger partial charge < -0.3 is 24.8 Å². The summed E-state index contributed by atoms with van der Waals surface area (Å²) in [4.78, 5) is 36.3. The van der Waals surface area contributed by atoms with E-state index in [0.29, 0.717) is 21.8 Å². The Morgan fingerprint density at radius 1 is 1.18 bits per heavy atom. The first kappa shape index (κ1) is 22.5. The fourth-order valence-electron chi connectivity index (χ4n) is 3.70. The predicted octanol–water partition coefficient (Wildman–Crippen LogP) is 2.91. The number of pyridine rings is 1. The van der Waals surface area contributed by atoms with Gasteiger partial charge in [-0.05, 0) is 17.7 Å². The summed E-state index contributed by atoms with van der Waals surface area (Å²) in [7, 11) is 0. The van der Waals surface area contributed by atoms with E-state index in [2.05, 4.69) is 5.32 Å². The molecule has 0 atom stereocenters. The molecule has 8 nitrogen and oxygen atoms in total. The van der Waals surface area contributed by atoms with E-state index in [9.17, 15) is 19.5 Å². The molecule has 1 aromatic heterocycles. The maximum atomic E-state index is 15.0. The minimum Gasteiger partial charge on any atom is -0.506 e. The van der Waals surface area contributed by atoms with Crippen LogP contribution < -0.4 is 10.9 Å². The van der Waals surface area contributed by atoms with Crippen LogP contribution in [0.25, 0.3) is 11.1 Å². The first-order valence-electron chi connectivity index (χ1n) is 9.86. The average molecular weight is 473 g/mol. The molecule has 0 fully saturated rings. The van der Waals surface area contributed by atoms with Gasteiger partial charge in [0.15, 0.2) is 0 Å². The van der Waals surface area contributed by atoms with Gasteiger partial charge >= 0.3 is 5.97 Å². The SMILES string of the molecule is O=C(O)CNC(=O)c1c(O)c2c(n(Cc3ccc(-c4ccccc4Cl)cc3F)c1=O)COC2. The van der Waals surface area contributed by atoms with Gasteiger partial charge in [-0.1, -0.05) is 41.9 Å². The first-order valence-corrected chi connectivity index (χ1v) is 10.2. The van der Waals surface area contributed by atoms with Gasteiger partial charge in [0, 0.05) is 21.7 Å². The lowest BCUT2D eigenvalue weighted by atomic mass is 10.0. The van der Waals surface area contributed by atoms with Crippen molar-refractivity contribution in [1.82, 2.24) is 9.88 Å². The zero-order valence-electron chi connectivity index (χ0n) is 17.1. The molecule has 0 spiro atoms. The second-order valence-electron chi connectivity index (χ2n) is 7.40. The lowest BCUT2D eigenvalue weighted by molar-refractivity contribution is -0.135. The number of ether oxygens (including phenoxy) is 1. The summed E-state index contributed by atoms with van der Waals surface area (Å²) in [6, 6.07) is 11.5. The van der Waals surface area contributed by atoms with E-state index in [4.69, 9.17) is 21.4 Å². The van der Waals surface area contributed by atoms with Crippen LogP contribution in [0.15, 0.2) is 47.3 Å². The van der Waals surface area contributed by atoms with Crippen molar-refractivity contribution in [2.45, 2.75) is 19.8 Å². The number of aromatic hydroxyl groups is 1. The number of fused-ring (bicyclic) bond motifs is 1. The molecule has 3 aromatic rings. The second kappa shape index (κ2) is 9.05. The molecule has 3 N–H and O–H groups in total. The number of carboxylic acids is 1. The van der Waals surface area contributed by atoms with Gasteiger partial charge in [-0.15, -0.1) is 0 Å². The third-order valence-electron chi connectivity index (χ3n) is 5.33. The molecule has 4 rings (SSSR count). The Hall–Kier alpha value is -3.69. The highest BCUT2D eigenvalue weighted by Gasteiger charge is 2.29. The lowest BCUT2D eigenvalue weighted by Crippen LogP contribution is -2.37. The highest BCUT2D eigenvalue weighted by Crippen LogP contribution is 2.31. The van der Waals surface area contributed by atoms with Crippen molar-refractivity contribution >= 4 is 23.5 Å². The number of halogens is 2. The fraction of sp³-hybridized carbons (Fsp3) is 0.174. The number of amides is 1. The summed E-state index contributed by atoms with van der Waals surface area (Å²) in [6.07, 6.45) is 0. The summed E-state index contributed by atoms with van der Waals surface area (Å²) in [5, 5.41) is 21.8. The standard InChI is InChI=1S/C23H18ClFN2O6/c24-16-4-2-1-3-14(16)12-5-6-13(17(25)7-12)9-27-18-11-33-10-15(18)21(30)20(23(27)32)22(31)26-8-19(28)29/h1-7,30H,8-11H2,(H,26,31)(H,28,29). The number of hydrogen-bond acceptors (Lipinski definition) is 5. The van der Waals surface area contributed by atoms with E-state index in [1.165, 1.54) is 12.1 Å². The first-order chi connectivity index (χ1) is 15.8. The van der Waals surface area contributed by atoms with Gasteiger partial charge in [0.2, 0.25) is 0 Å². The lowest BCUT2D eigenvalue weighted by Gasteiger charge is -2.16. The molecule has 0 radical (unpaired) electrons. The molecule has 1 aliphatic heterocycles. The van der Waals surface area contributed by atoms with E-state index < -0.39 is 41.1 Å². The zero-order chi connectivity index (χ0) is 23.7. The summed E-state index contributed by atoms with van der Waals surface area (Å²) >= 11 is 6.19. The monoisotopic (exact) mass is 472 g/mol.